The largest absolute Gasteiger partial charge is 0.663 e. The van der Waals surface area contributed by atoms with Gasteiger partial charge in [-0.15, -0.1) is 5.70 Å². The number of likely N-dealkylation sites (tertiary alicyclic amines) is 2. The van der Waals surface area contributed by atoms with Gasteiger partial charge in [-0.25, -0.2) is 34.5 Å². The van der Waals surface area contributed by atoms with Gasteiger partial charge in [-0.2, -0.15) is 6.20 Å². The van der Waals surface area contributed by atoms with E-state index in [9.17, 15) is 9.59 Å². The van der Waals surface area contributed by atoms with Crippen molar-refractivity contribution < 1.29 is 19.1 Å². The van der Waals surface area contributed by atoms with E-state index < -0.39 is 11.2 Å². The highest BCUT2D eigenvalue weighted by molar-refractivity contribution is 6.32. The number of piperidine rings is 3. The molecule has 5 aliphatic rings. The summed E-state index contributed by atoms with van der Waals surface area (Å²) < 4.78 is 17.7. The molecule has 5 aromatic carbocycles. The van der Waals surface area contributed by atoms with Crippen LogP contribution >= 0.6 is 34.8 Å². The number of amides is 2. The predicted octanol–water partition coefficient (Wildman–Crippen LogP) is 21.4. The number of ether oxygens (including phenoxy) is 2. The van der Waals surface area contributed by atoms with Gasteiger partial charge in [0.1, 0.15) is 32.3 Å². The van der Waals surface area contributed by atoms with Crippen LogP contribution in [-0.2, 0) is 41.9 Å². The summed E-state index contributed by atoms with van der Waals surface area (Å²) in [4.78, 5) is 51.9. The highest BCUT2D eigenvalue weighted by atomic mass is 35.5. The Morgan fingerprint density at radius 1 is 0.551 bits per heavy atom. The average Bonchev–Trinajstić information content (AvgIpc) is 1.69. The Balaban J connectivity index is 0.000000143. The van der Waals surface area contributed by atoms with Crippen LogP contribution in [0.2, 0.25) is 15.1 Å². The first-order valence-corrected chi connectivity index (χ1v) is 39.3. The van der Waals surface area contributed by atoms with Crippen molar-refractivity contribution in [3.63, 3.8) is 0 Å². The van der Waals surface area contributed by atoms with Gasteiger partial charge in [0.15, 0.2) is 0 Å². The van der Waals surface area contributed by atoms with Crippen molar-refractivity contribution in [2.45, 2.75) is 182 Å². The van der Waals surface area contributed by atoms with Crippen molar-refractivity contribution >= 4 is 101 Å². The first-order chi connectivity index (χ1) is 51.5. The minimum atomic E-state index is -0.496. The van der Waals surface area contributed by atoms with Crippen molar-refractivity contribution in [1.82, 2.24) is 53.7 Å². The van der Waals surface area contributed by atoms with E-state index in [1.54, 1.807) is 0 Å². The Kier molecular flexibility index (Phi) is 24.2. The summed E-state index contributed by atoms with van der Waals surface area (Å²) in [5.74, 6) is 1.07. The second-order valence-corrected chi connectivity index (χ2v) is 32.5. The number of halogens is 3. The van der Waals surface area contributed by atoms with Gasteiger partial charge >= 0.3 is 12.2 Å². The number of carbonyl (C=O) groups excluding carboxylic acids is 2. The minimum absolute atomic E-state index is 0.232. The lowest BCUT2D eigenvalue weighted by Crippen LogP contribution is -2.42. The summed E-state index contributed by atoms with van der Waals surface area (Å²) in [6.07, 6.45) is 35.3. The van der Waals surface area contributed by atoms with E-state index >= 15 is 0 Å². The van der Waals surface area contributed by atoms with Crippen LogP contribution in [0, 0.1) is 26.7 Å². The zero-order chi connectivity index (χ0) is 74.9. The fraction of sp³-hybridized carbons (Fsp3) is 0.398. The molecule has 9 heterocycles. The van der Waals surface area contributed by atoms with Crippen LogP contribution in [0.5, 0.6) is 0 Å². The van der Waals surface area contributed by atoms with E-state index in [4.69, 9.17) is 59.6 Å². The van der Waals surface area contributed by atoms with Crippen LogP contribution in [0.3, 0.4) is 0 Å². The molecule has 556 valence electrons. The standard InChI is InChI=1S/2C31H36ClN4O2.C26H28ClN4/c2*1-21-19-35(20-34-21)14-6-8-23-17-24-7-5-13-33-29(24)28(26-10-9-25(32)18-27(23)26)22-11-15-36(16-12-22)30(37)38-31(2,3)4;1-18-16-31(17-30-18)13-3-5-20-14-21-4-2-10-29-26(21)25(19-8-11-28-12-9-19)23-7-6-22(27)15-24(20)23/h2*5,7,9-10,13,17-20,22H,6,8,11-12,14-16H2,1-4H3;2,4,6-7,10,14-17,19,28H,3,5,8-9,11-13H2,1H3/q-1;2*+1. The number of hydrogen-bond acceptors (Lipinski definition) is 10. The number of benzene rings is 3. The van der Waals surface area contributed by atoms with Gasteiger partial charge in [-0.1, -0.05) is 41.5 Å². The number of aryl methyl sites for hydroxylation is 8. The molecule has 10 aromatic rings. The van der Waals surface area contributed by atoms with E-state index in [0.29, 0.717) is 32.1 Å². The Bertz CT molecular complexity index is 5030. The molecule has 107 heavy (non-hydrogen) atoms. The molecule has 1 aliphatic carbocycles. The van der Waals surface area contributed by atoms with Gasteiger partial charge in [0, 0.05) is 164 Å². The summed E-state index contributed by atoms with van der Waals surface area (Å²) in [5, 5.41) is 18.0. The topological polar surface area (TPSA) is 164 Å². The van der Waals surface area contributed by atoms with E-state index in [-0.39, 0.29) is 24.0 Å². The van der Waals surface area contributed by atoms with Gasteiger partial charge in [0.25, 0.3) is 0 Å². The molecule has 1 N–H and O–H groups in total. The number of allylic oxidation sites excluding steroid dienone is 5. The molecule has 0 radical (unpaired) electrons. The molecular formula is C88H100Cl3N12O4+. The Labute approximate surface area is 645 Å². The van der Waals surface area contributed by atoms with Gasteiger partial charge in [0.2, 0.25) is 0 Å². The molecule has 0 spiro atoms. The van der Waals surface area contributed by atoms with Crippen LogP contribution in [-0.4, -0.2) is 111 Å². The van der Waals surface area contributed by atoms with Crippen LogP contribution in [0.25, 0.3) is 59.8 Å². The van der Waals surface area contributed by atoms with Crippen molar-refractivity contribution in [2.24, 2.45) is 5.92 Å². The van der Waals surface area contributed by atoms with Crippen LogP contribution in [0.4, 0.5) is 9.59 Å². The number of pyridine rings is 2. The highest BCUT2D eigenvalue weighted by Gasteiger charge is 2.35. The second kappa shape index (κ2) is 34.0. The molecule has 0 saturated carbocycles. The maximum absolute atomic E-state index is 12.7. The third kappa shape index (κ3) is 19.1. The molecule has 16 nitrogen and oxygen atoms in total. The number of nitrogens with one attached hydrogen (secondary N) is 1. The summed E-state index contributed by atoms with van der Waals surface area (Å²) in [6, 6.07) is 31.9. The molecule has 5 aromatic heterocycles. The van der Waals surface area contributed by atoms with Gasteiger partial charge in [-0.05, 0) is 240 Å². The summed E-state index contributed by atoms with van der Waals surface area (Å²) >= 11 is 19.6. The molecule has 0 atom stereocenters. The van der Waals surface area contributed by atoms with Gasteiger partial charge < -0.3 is 43.6 Å². The Morgan fingerprint density at radius 2 is 1.01 bits per heavy atom. The summed E-state index contributed by atoms with van der Waals surface area (Å²) in [6.45, 7) is 25.1. The van der Waals surface area contributed by atoms with Crippen molar-refractivity contribution in [3.8, 4) is 0 Å². The Hall–Kier alpha value is -9.06. The average molecular weight is 1500 g/mol. The quantitative estimate of drug-likeness (QED) is 0.0977. The van der Waals surface area contributed by atoms with Crippen molar-refractivity contribution in [3.05, 3.63) is 248 Å². The molecule has 3 saturated heterocycles. The normalized spacial score (nSPS) is 15.9. The van der Waals surface area contributed by atoms with Crippen LogP contribution in [0.1, 0.15) is 168 Å². The third-order valence-electron chi connectivity index (χ3n) is 20.9. The van der Waals surface area contributed by atoms with Crippen molar-refractivity contribution in [2.75, 3.05) is 39.3 Å². The summed E-state index contributed by atoms with van der Waals surface area (Å²) in [5.41, 5.74) is 16.7. The zero-order valence-electron chi connectivity index (χ0n) is 63.4. The van der Waals surface area contributed by atoms with Gasteiger partial charge in [-0.3, -0.25) is 0 Å². The highest BCUT2D eigenvalue weighted by Crippen LogP contribution is 2.48. The van der Waals surface area contributed by atoms with E-state index in [1.807, 2.05) is 146 Å². The molecular weight excluding hydrogens is 1400 g/mol. The number of fused-ring (bicyclic) bond motifs is 6. The fourth-order valence-corrected chi connectivity index (χ4v) is 16.5. The molecule has 0 bridgehead atoms. The number of rotatable bonds is 15. The Morgan fingerprint density at radius 3 is 1.48 bits per heavy atom. The number of nitrogens with zero attached hydrogens (tertiary/aromatic N) is 11. The molecule has 19 heteroatoms. The summed E-state index contributed by atoms with van der Waals surface area (Å²) in [7, 11) is 0. The van der Waals surface area contributed by atoms with Crippen LogP contribution < -0.4 is 5.32 Å². The number of imidazole rings is 3. The first-order valence-electron chi connectivity index (χ1n) is 38.2. The molecule has 15 rings (SSSR count). The number of carbonyl (C=O) groups is 2. The van der Waals surface area contributed by atoms with Crippen molar-refractivity contribution in [1.29, 1.82) is 0 Å². The lowest BCUT2D eigenvalue weighted by molar-refractivity contribution is 0.0191. The fourth-order valence-electron chi connectivity index (χ4n) is 16.0. The molecule has 0 unspecified atom stereocenters. The zero-order valence-corrected chi connectivity index (χ0v) is 65.6. The number of aromatic nitrogens is 8. The maximum Gasteiger partial charge on any atom is 0.410 e. The van der Waals surface area contributed by atoms with Gasteiger partial charge in [0.05, 0.1) is 68.7 Å². The lowest BCUT2D eigenvalue weighted by atomic mass is 9.81. The lowest BCUT2D eigenvalue weighted by Gasteiger charge is -2.38. The maximum atomic E-state index is 12.7. The number of hydrogen-bond donors (Lipinski definition) is 1. The van der Waals surface area contributed by atoms with E-state index in [1.165, 1.54) is 71.5 Å². The smallest absolute Gasteiger partial charge is 0.410 e. The second-order valence-electron chi connectivity index (χ2n) is 31.2. The SMILES string of the molecule is Cc1cn(CCCC2=CC3=CC=C[N-]C3=C(C3CCN(C(=O)OC(C)(C)C)CC3)c3ccc(Cl)cc32)cn1.Cc1cn(CCCc2cc3cccnc3c(C3CCN(C(=O)OC(C)(C)C)CC3)c3ccc(Cl)c[c+]23)cn1.Cc1cn(CCCc2cc3cccnc3c(C3CCNCC3)c3ccc(Cl)c[c+]23)cn1. The van der Waals surface area contributed by atoms with E-state index in [0.717, 1.165) is 170 Å². The molecule has 4 aliphatic heterocycles. The monoisotopic (exact) mass is 1490 g/mol. The molecule has 3 fully saturated rings. The third-order valence-corrected chi connectivity index (χ3v) is 21.6. The predicted molar refractivity (Wildman–Crippen MR) is 436 cm³/mol. The van der Waals surface area contributed by atoms with Crippen LogP contribution in [0.15, 0.2) is 177 Å². The first kappa shape index (κ1) is 76.1. The van der Waals surface area contributed by atoms with E-state index in [2.05, 4.69) is 125 Å². The molecule has 2 amide bonds. The minimum Gasteiger partial charge on any atom is -0.663 e.